The second-order valence-corrected chi connectivity index (χ2v) is 6.16. The van der Waals surface area contributed by atoms with E-state index in [9.17, 15) is 4.39 Å². The minimum Gasteiger partial charge on any atom is -0.316 e. The van der Waals surface area contributed by atoms with Gasteiger partial charge in [0.25, 0.3) is 0 Å². The van der Waals surface area contributed by atoms with E-state index >= 15 is 0 Å². The number of hydrogen-bond donors (Lipinski definition) is 1. The summed E-state index contributed by atoms with van der Waals surface area (Å²) in [4.78, 5) is 0. The first kappa shape index (κ1) is 12.2. The van der Waals surface area contributed by atoms with Crippen molar-refractivity contribution < 1.29 is 4.39 Å². The zero-order valence-electron chi connectivity index (χ0n) is 11.2. The molecular formula is C16H22FN. The number of fused-ring (bicyclic) bond motifs is 1. The average Bonchev–Trinajstić information content (AvgIpc) is 2.97. The highest BCUT2D eigenvalue weighted by molar-refractivity contribution is 5.27. The van der Waals surface area contributed by atoms with E-state index in [-0.39, 0.29) is 5.82 Å². The molecule has 2 fully saturated rings. The molecule has 18 heavy (non-hydrogen) atoms. The summed E-state index contributed by atoms with van der Waals surface area (Å²) in [5.74, 6) is 2.71. The summed E-state index contributed by atoms with van der Waals surface area (Å²) in [7, 11) is 2.04. The molecule has 2 aliphatic rings. The quantitative estimate of drug-likeness (QED) is 0.860. The molecule has 1 nitrogen and oxygen atoms in total. The summed E-state index contributed by atoms with van der Waals surface area (Å²) in [6.45, 7) is 2.08. The fraction of sp³-hybridized carbons (Fsp3) is 0.625. The predicted molar refractivity (Wildman–Crippen MR) is 72.0 cm³/mol. The van der Waals surface area contributed by atoms with Crippen molar-refractivity contribution >= 4 is 0 Å². The third kappa shape index (κ3) is 2.31. The Balaban J connectivity index is 1.70. The number of aryl methyl sites for hydroxylation is 1. The largest absolute Gasteiger partial charge is 0.316 e. The molecule has 2 saturated carbocycles. The van der Waals surface area contributed by atoms with Crippen molar-refractivity contribution in [1.82, 2.24) is 5.32 Å². The van der Waals surface area contributed by atoms with Crippen LogP contribution < -0.4 is 5.32 Å². The first-order chi connectivity index (χ1) is 8.67. The Kier molecular flexibility index (Phi) is 3.14. The Morgan fingerprint density at radius 2 is 2.00 bits per heavy atom. The van der Waals surface area contributed by atoms with Gasteiger partial charge in [-0.15, -0.1) is 0 Å². The molecule has 3 unspecified atom stereocenters. The molecule has 0 spiro atoms. The van der Waals surface area contributed by atoms with Gasteiger partial charge in [0.05, 0.1) is 0 Å². The smallest absolute Gasteiger partial charge is 0.123 e. The Morgan fingerprint density at radius 3 is 2.67 bits per heavy atom. The highest BCUT2D eigenvalue weighted by atomic mass is 19.1. The van der Waals surface area contributed by atoms with Crippen molar-refractivity contribution in [3.63, 3.8) is 0 Å². The summed E-state index contributed by atoms with van der Waals surface area (Å²) < 4.78 is 13.3. The van der Waals surface area contributed by atoms with Crippen LogP contribution in [-0.4, -0.2) is 13.1 Å². The van der Waals surface area contributed by atoms with Crippen LogP contribution in [0.3, 0.4) is 0 Å². The van der Waals surface area contributed by atoms with Gasteiger partial charge in [0.15, 0.2) is 0 Å². The number of halogens is 1. The molecule has 1 N–H and O–H groups in total. The van der Waals surface area contributed by atoms with Gasteiger partial charge in [0.1, 0.15) is 5.82 Å². The van der Waals surface area contributed by atoms with Gasteiger partial charge >= 0.3 is 0 Å². The minimum atomic E-state index is -0.111. The Bertz CT molecular complexity index is 433. The van der Waals surface area contributed by atoms with E-state index in [1.54, 1.807) is 12.1 Å². The summed E-state index contributed by atoms with van der Waals surface area (Å²) in [6.07, 6.45) is 5.19. The van der Waals surface area contributed by atoms with Gasteiger partial charge in [-0.25, -0.2) is 4.39 Å². The van der Waals surface area contributed by atoms with Crippen molar-refractivity contribution in [3.8, 4) is 0 Å². The van der Waals surface area contributed by atoms with E-state index in [1.807, 2.05) is 13.1 Å². The molecule has 98 valence electrons. The van der Waals surface area contributed by atoms with Crippen molar-refractivity contribution in [2.75, 3.05) is 7.05 Å². The van der Waals surface area contributed by atoms with E-state index in [4.69, 9.17) is 0 Å². The Labute approximate surface area is 109 Å². The monoisotopic (exact) mass is 247 g/mol. The van der Waals surface area contributed by atoms with Crippen molar-refractivity contribution in [3.05, 3.63) is 35.1 Å². The van der Waals surface area contributed by atoms with E-state index in [1.165, 1.54) is 24.8 Å². The maximum atomic E-state index is 13.3. The fourth-order valence-corrected chi connectivity index (χ4v) is 3.69. The normalized spacial score (nSPS) is 31.2. The van der Waals surface area contributed by atoms with Crippen molar-refractivity contribution in [2.24, 2.45) is 17.8 Å². The summed E-state index contributed by atoms with van der Waals surface area (Å²) in [5.41, 5.74) is 2.37. The molecule has 1 aromatic carbocycles. The van der Waals surface area contributed by atoms with Gasteiger partial charge in [0, 0.05) is 6.04 Å². The van der Waals surface area contributed by atoms with Gasteiger partial charge in [0.2, 0.25) is 0 Å². The lowest BCUT2D eigenvalue weighted by molar-refractivity contribution is 0.348. The van der Waals surface area contributed by atoms with E-state index < -0.39 is 0 Å². The van der Waals surface area contributed by atoms with Crippen LogP contribution in [0.5, 0.6) is 0 Å². The van der Waals surface area contributed by atoms with Crippen LogP contribution in [0.2, 0.25) is 0 Å². The van der Waals surface area contributed by atoms with Crippen LogP contribution >= 0.6 is 0 Å². The SMILES string of the molecule is CNC(Cc1cc(F)ccc1C)C1CC2CC2C1. The number of hydrogen-bond acceptors (Lipinski definition) is 1. The first-order valence-electron chi connectivity index (χ1n) is 7.09. The summed E-state index contributed by atoms with van der Waals surface area (Å²) >= 11 is 0. The second kappa shape index (κ2) is 4.65. The van der Waals surface area contributed by atoms with Gasteiger partial charge in [-0.1, -0.05) is 6.07 Å². The molecular weight excluding hydrogens is 225 g/mol. The maximum Gasteiger partial charge on any atom is 0.123 e. The summed E-state index contributed by atoms with van der Waals surface area (Å²) in [6, 6.07) is 5.66. The van der Waals surface area contributed by atoms with Crippen molar-refractivity contribution in [1.29, 1.82) is 0 Å². The first-order valence-corrected chi connectivity index (χ1v) is 7.09. The fourth-order valence-electron chi connectivity index (χ4n) is 3.69. The molecule has 0 radical (unpaired) electrons. The third-order valence-corrected chi connectivity index (χ3v) is 4.97. The van der Waals surface area contributed by atoms with Gasteiger partial charge in [-0.2, -0.15) is 0 Å². The van der Waals surface area contributed by atoms with Crippen LogP contribution in [0.25, 0.3) is 0 Å². The van der Waals surface area contributed by atoms with Gasteiger partial charge in [-0.05, 0) is 80.7 Å². The van der Waals surface area contributed by atoms with E-state index in [2.05, 4.69) is 12.2 Å². The molecule has 0 saturated heterocycles. The lowest BCUT2D eigenvalue weighted by Crippen LogP contribution is -2.35. The average molecular weight is 247 g/mol. The molecule has 0 amide bonds. The minimum absolute atomic E-state index is 0.111. The molecule has 3 rings (SSSR count). The lowest BCUT2D eigenvalue weighted by Gasteiger charge is -2.25. The second-order valence-electron chi connectivity index (χ2n) is 6.16. The van der Waals surface area contributed by atoms with Crippen LogP contribution in [0, 0.1) is 30.5 Å². The maximum absolute atomic E-state index is 13.3. The zero-order chi connectivity index (χ0) is 12.7. The molecule has 1 aromatic rings. The molecule has 2 heteroatoms. The molecule has 0 aliphatic heterocycles. The molecule has 0 bridgehead atoms. The molecule has 0 aromatic heterocycles. The van der Waals surface area contributed by atoms with Crippen LogP contribution in [0.4, 0.5) is 4.39 Å². The lowest BCUT2D eigenvalue weighted by atomic mass is 9.88. The molecule has 0 heterocycles. The highest BCUT2D eigenvalue weighted by Gasteiger charge is 2.47. The standard InChI is InChI=1S/C16H22FN/c1-10-3-4-15(17)8-11(10)9-16(18-2)14-6-12-5-13(12)7-14/h3-4,8,12-14,16,18H,5-7,9H2,1-2H3. The van der Waals surface area contributed by atoms with Gasteiger partial charge in [-0.3, -0.25) is 0 Å². The number of rotatable bonds is 4. The van der Waals surface area contributed by atoms with E-state index in [0.717, 1.165) is 29.7 Å². The van der Waals surface area contributed by atoms with Crippen molar-refractivity contribution in [2.45, 2.75) is 38.6 Å². The zero-order valence-corrected chi connectivity index (χ0v) is 11.2. The summed E-state index contributed by atoms with van der Waals surface area (Å²) in [5, 5.41) is 3.46. The molecule has 3 atom stereocenters. The molecule has 2 aliphatic carbocycles. The topological polar surface area (TPSA) is 12.0 Å². The van der Waals surface area contributed by atoms with Crippen LogP contribution in [0.1, 0.15) is 30.4 Å². The van der Waals surface area contributed by atoms with Crippen LogP contribution in [-0.2, 0) is 6.42 Å². The predicted octanol–water partition coefficient (Wildman–Crippen LogP) is 3.31. The number of nitrogens with one attached hydrogen (secondary N) is 1. The highest BCUT2D eigenvalue weighted by Crippen LogP contribution is 2.55. The Hall–Kier alpha value is -0.890. The third-order valence-electron chi connectivity index (χ3n) is 4.97. The Morgan fingerprint density at radius 1 is 1.28 bits per heavy atom. The van der Waals surface area contributed by atoms with E-state index in [0.29, 0.717) is 6.04 Å². The van der Waals surface area contributed by atoms with Gasteiger partial charge < -0.3 is 5.32 Å². The number of likely N-dealkylation sites (N-methyl/N-ethyl adjacent to an activating group) is 1. The number of benzene rings is 1. The van der Waals surface area contributed by atoms with Crippen LogP contribution in [0.15, 0.2) is 18.2 Å².